The average Bonchev–Trinajstić information content (AvgIpc) is 2.81. The monoisotopic (exact) mass is 471 g/mol. The summed E-state index contributed by atoms with van der Waals surface area (Å²) in [5, 5.41) is 10.0. The lowest BCUT2D eigenvalue weighted by Gasteiger charge is -2.36. The highest BCUT2D eigenvalue weighted by molar-refractivity contribution is 6.42. The first-order chi connectivity index (χ1) is 15.4. The van der Waals surface area contributed by atoms with Gasteiger partial charge in [-0.15, -0.1) is 0 Å². The smallest absolute Gasteiger partial charge is 0.335 e. The van der Waals surface area contributed by atoms with Crippen LogP contribution in [0.25, 0.3) is 0 Å². The fourth-order valence-electron chi connectivity index (χ4n) is 3.43. The zero-order valence-corrected chi connectivity index (χ0v) is 18.4. The Kier molecular flexibility index (Phi) is 6.48. The topological polar surface area (TPSA) is 83.0 Å². The van der Waals surface area contributed by atoms with Gasteiger partial charge in [-0.2, -0.15) is 0 Å². The molecule has 1 aliphatic rings. The molecule has 2 heterocycles. The zero-order chi connectivity index (χ0) is 22.7. The third kappa shape index (κ3) is 4.79. The summed E-state index contributed by atoms with van der Waals surface area (Å²) < 4.78 is 5.78. The van der Waals surface area contributed by atoms with Gasteiger partial charge in [0.1, 0.15) is 11.3 Å². The minimum Gasteiger partial charge on any atom is -0.478 e. The summed E-state index contributed by atoms with van der Waals surface area (Å²) in [6, 6.07) is 14.8. The van der Waals surface area contributed by atoms with Crippen molar-refractivity contribution in [2.45, 2.75) is 0 Å². The molecule has 9 heteroatoms. The number of carbonyl (C=O) groups is 2. The number of aromatic carboxylic acids is 1. The van der Waals surface area contributed by atoms with E-state index in [1.54, 1.807) is 29.3 Å². The molecule has 1 fully saturated rings. The Morgan fingerprint density at radius 1 is 0.938 bits per heavy atom. The predicted molar refractivity (Wildman–Crippen MR) is 122 cm³/mol. The molecule has 0 unspecified atom stereocenters. The van der Waals surface area contributed by atoms with Crippen LogP contribution in [0.2, 0.25) is 10.0 Å². The lowest BCUT2D eigenvalue weighted by molar-refractivity contribution is 0.0695. The third-order valence-electron chi connectivity index (χ3n) is 5.15. The molecule has 1 N–H and O–H groups in total. The van der Waals surface area contributed by atoms with Crippen LogP contribution in [0.1, 0.15) is 20.7 Å². The van der Waals surface area contributed by atoms with Gasteiger partial charge in [-0.3, -0.25) is 4.79 Å². The Labute approximate surface area is 194 Å². The molecule has 0 aliphatic carbocycles. The Hall–Kier alpha value is -3.29. The second kappa shape index (κ2) is 9.46. The molecule has 1 saturated heterocycles. The number of pyridine rings is 1. The van der Waals surface area contributed by atoms with E-state index >= 15 is 0 Å². The first kappa shape index (κ1) is 21.9. The minimum absolute atomic E-state index is 0.148. The van der Waals surface area contributed by atoms with Crippen LogP contribution in [0.15, 0.2) is 60.8 Å². The second-order valence-electron chi connectivity index (χ2n) is 7.17. The quantitative estimate of drug-likeness (QED) is 0.572. The molecule has 164 valence electrons. The number of halogens is 2. The fourth-order valence-corrected chi connectivity index (χ4v) is 3.72. The van der Waals surface area contributed by atoms with Crippen LogP contribution in [0, 0.1) is 0 Å². The lowest BCUT2D eigenvalue weighted by Crippen LogP contribution is -2.48. The highest BCUT2D eigenvalue weighted by atomic mass is 35.5. The van der Waals surface area contributed by atoms with Crippen molar-refractivity contribution < 1.29 is 19.4 Å². The summed E-state index contributed by atoms with van der Waals surface area (Å²) in [6.07, 6.45) is 1.54. The summed E-state index contributed by atoms with van der Waals surface area (Å²) in [7, 11) is 0. The van der Waals surface area contributed by atoms with Crippen LogP contribution in [-0.2, 0) is 0 Å². The number of ether oxygens (including phenoxy) is 1. The Morgan fingerprint density at radius 2 is 1.66 bits per heavy atom. The molecule has 32 heavy (non-hydrogen) atoms. The molecule has 1 aromatic heterocycles. The highest BCUT2D eigenvalue weighted by Crippen LogP contribution is 2.29. The summed E-state index contributed by atoms with van der Waals surface area (Å²) in [4.78, 5) is 32.3. The van der Waals surface area contributed by atoms with Gasteiger partial charge in [0.2, 0.25) is 5.88 Å². The number of aromatic nitrogens is 1. The van der Waals surface area contributed by atoms with E-state index in [4.69, 9.17) is 33.0 Å². The molecular formula is C23H19Cl2N3O4. The Bertz CT molecular complexity index is 1150. The molecule has 4 rings (SSSR count). The summed E-state index contributed by atoms with van der Waals surface area (Å²) >= 11 is 12.1. The zero-order valence-electron chi connectivity index (χ0n) is 16.9. The SMILES string of the molecule is O=C(O)c1ccc(Oc2ncccc2C(=O)N2CCN(c3ccc(Cl)c(Cl)c3)CC2)cc1. The number of anilines is 1. The molecular weight excluding hydrogens is 453 g/mol. The van der Waals surface area contributed by atoms with Gasteiger partial charge in [0, 0.05) is 38.1 Å². The molecule has 0 radical (unpaired) electrons. The van der Waals surface area contributed by atoms with Crippen LogP contribution in [0.5, 0.6) is 11.6 Å². The van der Waals surface area contributed by atoms with Crippen LogP contribution >= 0.6 is 23.2 Å². The molecule has 2 aromatic carbocycles. The second-order valence-corrected chi connectivity index (χ2v) is 7.98. The Morgan fingerprint density at radius 3 is 2.31 bits per heavy atom. The van der Waals surface area contributed by atoms with E-state index in [1.807, 2.05) is 12.1 Å². The van der Waals surface area contributed by atoms with Crippen molar-refractivity contribution in [1.29, 1.82) is 0 Å². The molecule has 3 aromatic rings. The van der Waals surface area contributed by atoms with Crippen molar-refractivity contribution in [3.05, 3.63) is 82.0 Å². The number of amides is 1. The number of carboxylic acid groups (broad SMARTS) is 1. The molecule has 0 atom stereocenters. The number of hydrogen-bond donors (Lipinski definition) is 1. The van der Waals surface area contributed by atoms with Gasteiger partial charge in [-0.05, 0) is 54.6 Å². The summed E-state index contributed by atoms with van der Waals surface area (Å²) in [6.45, 7) is 2.36. The number of hydrogen-bond acceptors (Lipinski definition) is 5. The fraction of sp³-hybridized carbons (Fsp3) is 0.174. The van der Waals surface area contributed by atoms with Crippen molar-refractivity contribution >= 4 is 40.8 Å². The Balaban J connectivity index is 1.45. The summed E-state index contributed by atoms with van der Waals surface area (Å²) in [5.74, 6) is -0.631. The number of piperazine rings is 1. The molecule has 1 amide bonds. The van der Waals surface area contributed by atoms with Gasteiger partial charge >= 0.3 is 5.97 Å². The van der Waals surface area contributed by atoms with E-state index in [2.05, 4.69) is 9.88 Å². The lowest BCUT2D eigenvalue weighted by atomic mass is 10.2. The van der Waals surface area contributed by atoms with E-state index < -0.39 is 5.97 Å². The average molecular weight is 472 g/mol. The number of carboxylic acids is 1. The van der Waals surface area contributed by atoms with E-state index in [-0.39, 0.29) is 17.4 Å². The predicted octanol–water partition coefficient (Wildman–Crippen LogP) is 4.84. The van der Waals surface area contributed by atoms with Crippen molar-refractivity contribution in [1.82, 2.24) is 9.88 Å². The van der Waals surface area contributed by atoms with Crippen molar-refractivity contribution in [2.24, 2.45) is 0 Å². The molecule has 0 saturated carbocycles. The largest absolute Gasteiger partial charge is 0.478 e. The van der Waals surface area contributed by atoms with Gasteiger partial charge in [-0.25, -0.2) is 9.78 Å². The van der Waals surface area contributed by atoms with Crippen LogP contribution in [-0.4, -0.2) is 53.0 Å². The molecule has 7 nitrogen and oxygen atoms in total. The maximum absolute atomic E-state index is 13.2. The van der Waals surface area contributed by atoms with E-state index in [0.717, 1.165) is 5.69 Å². The van der Waals surface area contributed by atoms with Gasteiger partial charge in [0.25, 0.3) is 5.91 Å². The molecule has 1 aliphatic heterocycles. The highest BCUT2D eigenvalue weighted by Gasteiger charge is 2.25. The van der Waals surface area contributed by atoms with E-state index in [0.29, 0.717) is 47.5 Å². The number of benzene rings is 2. The van der Waals surface area contributed by atoms with Gasteiger partial charge in [0.05, 0.1) is 15.6 Å². The summed E-state index contributed by atoms with van der Waals surface area (Å²) in [5.41, 5.74) is 1.45. The van der Waals surface area contributed by atoms with Crippen molar-refractivity contribution in [2.75, 3.05) is 31.1 Å². The third-order valence-corrected chi connectivity index (χ3v) is 5.89. The molecule has 0 spiro atoms. The normalized spacial score (nSPS) is 13.7. The number of rotatable bonds is 5. The standard InChI is InChI=1S/C23H19Cl2N3O4/c24-19-8-5-16(14-20(19)25)27-10-12-28(13-11-27)22(29)18-2-1-9-26-21(18)32-17-6-3-15(4-7-17)23(30)31/h1-9,14H,10-13H2,(H,30,31). The van der Waals surface area contributed by atoms with E-state index in [9.17, 15) is 9.59 Å². The van der Waals surface area contributed by atoms with Crippen molar-refractivity contribution in [3.63, 3.8) is 0 Å². The first-order valence-corrected chi connectivity index (χ1v) is 10.6. The van der Waals surface area contributed by atoms with E-state index in [1.165, 1.54) is 24.3 Å². The molecule has 0 bridgehead atoms. The van der Waals surface area contributed by atoms with Gasteiger partial charge < -0.3 is 19.6 Å². The maximum atomic E-state index is 13.2. The van der Waals surface area contributed by atoms with Crippen LogP contribution in [0.4, 0.5) is 5.69 Å². The first-order valence-electron chi connectivity index (χ1n) is 9.88. The maximum Gasteiger partial charge on any atom is 0.335 e. The van der Waals surface area contributed by atoms with Gasteiger partial charge in [0.15, 0.2) is 0 Å². The van der Waals surface area contributed by atoms with Crippen LogP contribution in [0.3, 0.4) is 0 Å². The van der Waals surface area contributed by atoms with Gasteiger partial charge in [-0.1, -0.05) is 23.2 Å². The van der Waals surface area contributed by atoms with Crippen molar-refractivity contribution in [3.8, 4) is 11.6 Å². The minimum atomic E-state index is -1.02. The number of carbonyl (C=O) groups excluding carboxylic acids is 1. The number of nitrogens with zero attached hydrogens (tertiary/aromatic N) is 3. The van der Waals surface area contributed by atoms with Crippen LogP contribution < -0.4 is 9.64 Å².